The average Bonchev–Trinajstić information content (AvgIpc) is 2.90. The Bertz CT molecular complexity index is 1550. The Morgan fingerprint density at radius 1 is 1.00 bits per heavy atom. The maximum absolute atomic E-state index is 11.4. The SMILES string of the molecule is COc1cc2c(Oc3ccc4ccc(C)nc4c3)ncnc2cc1OCC1CCN(CCS(C)(=O)=O)CC1. The number of hydrogen-bond acceptors (Lipinski definition) is 9. The van der Waals surface area contributed by atoms with Crippen LogP contribution in [0.1, 0.15) is 18.5 Å². The van der Waals surface area contributed by atoms with Gasteiger partial charge in [-0.05, 0) is 63.0 Å². The number of pyridine rings is 1. The summed E-state index contributed by atoms with van der Waals surface area (Å²) in [5.41, 5.74) is 2.49. The Balaban J connectivity index is 1.28. The zero-order valence-electron chi connectivity index (χ0n) is 21.9. The van der Waals surface area contributed by atoms with Gasteiger partial charge in [0, 0.05) is 36.0 Å². The molecule has 0 aliphatic carbocycles. The van der Waals surface area contributed by atoms with Crippen molar-refractivity contribution in [3.8, 4) is 23.1 Å². The number of sulfone groups is 1. The minimum absolute atomic E-state index is 0.202. The first-order valence-corrected chi connectivity index (χ1v) is 14.7. The highest BCUT2D eigenvalue weighted by Crippen LogP contribution is 2.37. The van der Waals surface area contributed by atoms with E-state index in [2.05, 4.69) is 19.9 Å². The van der Waals surface area contributed by atoms with Crippen LogP contribution in [0, 0.1) is 12.8 Å². The molecule has 1 fully saturated rings. The normalized spacial score (nSPS) is 15.1. The Morgan fingerprint density at radius 3 is 2.55 bits per heavy atom. The summed E-state index contributed by atoms with van der Waals surface area (Å²) in [6.07, 6.45) is 4.68. The molecule has 0 unspecified atom stereocenters. The van der Waals surface area contributed by atoms with E-state index in [-0.39, 0.29) is 5.75 Å². The second-order valence-corrected chi connectivity index (χ2v) is 12.1. The van der Waals surface area contributed by atoms with Gasteiger partial charge >= 0.3 is 0 Å². The van der Waals surface area contributed by atoms with Crippen molar-refractivity contribution in [3.63, 3.8) is 0 Å². The van der Waals surface area contributed by atoms with Gasteiger partial charge in [-0.25, -0.2) is 18.4 Å². The van der Waals surface area contributed by atoms with Crippen LogP contribution in [-0.4, -0.2) is 73.6 Å². The number of aryl methyl sites for hydroxylation is 1. The molecule has 2 aromatic heterocycles. The molecule has 0 N–H and O–H groups in total. The lowest BCUT2D eigenvalue weighted by Gasteiger charge is -2.31. The second-order valence-electron chi connectivity index (χ2n) is 9.83. The Labute approximate surface area is 222 Å². The summed E-state index contributed by atoms with van der Waals surface area (Å²) >= 11 is 0. The number of methoxy groups -OCH3 is 1. The molecule has 0 saturated carbocycles. The number of benzene rings is 2. The zero-order chi connectivity index (χ0) is 26.7. The molecule has 0 spiro atoms. The highest BCUT2D eigenvalue weighted by atomic mass is 32.2. The molecule has 38 heavy (non-hydrogen) atoms. The highest BCUT2D eigenvalue weighted by molar-refractivity contribution is 7.90. The first-order valence-electron chi connectivity index (χ1n) is 12.7. The number of hydrogen-bond donors (Lipinski definition) is 0. The van der Waals surface area contributed by atoms with Gasteiger partial charge in [-0.3, -0.25) is 4.98 Å². The molecule has 10 heteroatoms. The Hall–Kier alpha value is -3.50. The molecular formula is C28H32N4O5S. The van der Waals surface area contributed by atoms with Crippen molar-refractivity contribution in [3.05, 3.63) is 54.5 Å². The quantitative estimate of drug-likeness (QED) is 0.307. The van der Waals surface area contributed by atoms with E-state index in [9.17, 15) is 8.42 Å². The smallest absolute Gasteiger partial charge is 0.230 e. The number of aromatic nitrogens is 3. The molecule has 5 rings (SSSR count). The van der Waals surface area contributed by atoms with E-state index < -0.39 is 9.84 Å². The van der Waals surface area contributed by atoms with Gasteiger partial charge in [0.2, 0.25) is 5.88 Å². The first kappa shape index (κ1) is 26.1. The average molecular weight is 537 g/mol. The Morgan fingerprint density at radius 2 is 1.79 bits per heavy atom. The lowest BCUT2D eigenvalue weighted by Crippen LogP contribution is -2.38. The van der Waals surface area contributed by atoms with Crippen LogP contribution < -0.4 is 14.2 Å². The minimum atomic E-state index is -2.94. The fraction of sp³-hybridized carbons (Fsp3) is 0.393. The lowest BCUT2D eigenvalue weighted by molar-refractivity contribution is 0.144. The zero-order valence-corrected chi connectivity index (χ0v) is 22.7. The number of rotatable bonds is 9. The summed E-state index contributed by atoms with van der Waals surface area (Å²) < 4.78 is 40.9. The maximum atomic E-state index is 11.4. The van der Waals surface area contributed by atoms with Crippen LogP contribution in [0.5, 0.6) is 23.1 Å². The second kappa shape index (κ2) is 11.1. The summed E-state index contributed by atoms with van der Waals surface area (Å²) in [5.74, 6) is 2.85. The maximum Gasteiger partial charge on any atom is 0.230 e. The van der Waals surface area contributed by atoms with Gasteiger partial charge in [0.25, 0.3) is 0 Å². The van der Waals surface area contributed by atoms with Crippen LogP contribution in [0.25, 0.3) is 21.8 Å². The summed E-state index contributed by atoms with van der Waals surface area (Å²) in [4.78, 5) is 15.6. The summed E-state index contributed by atoms with van der Waals surface area (Å²) in [6.45, 7) is 4.85. The van der Waals surface area contributed by atoms with Crippen molar-refractivity contribution < 1.29 is 22.6 Å². The van der Waals surface area contributed by atoms with Crippen LogP contribution >= 0.6 is 0 Å². The van der Waals surface area contributed by atoms with Crippen LogP contribution in [0.2, 0.25) is 0 Å². The van der Waals surface area contributed by atoms with Gasteiger partial charge in [-0.2, -0.15) is 0 Å². The van der Waals surface area contributed by atoms with E-state index in [1.165, 1.54) is 12.6 Å². The number of fused-ring (bicyclic) bond motifs is 2. The molecule has 4 aromatic rings. The summed E-state index contributed by atoms with van der Waals surface area (Å²) in [6, 6.07) is 13.5. The van der Waals surface area contributed by atoms with Crippen molar-refractivity contribution in [1.29, 1.82) is 0 Å². The molecule has 0 radical (unpaired) electrons. The van der Waals surface area contributed by atoms with Crippen LogP contribution in [0.15, 0.2) is 48.8 Å². The van der Waals surface area contributed by atoms with Crippen molar-refractivity contribution in [2.24, 2.45) is 5.92 Å². The topological polar surface area (TPSA) is 104 Å². The standard InChI is InChI=1S/C28H32N4O5S/c1-19-4-5-21-6-7-22(14-24(21)31-19)37-28-23-15-26(35-2)27(16-25(23)29-18-30-28)36-17-20-8-10-32(11-9-20)12-13-38(3,33)34/h4-7,14-16,18,20H,8-13,17H2,1-3H3. The van der Waals surface area contributed by atoms with Crippen molar-refractivity contribution in [1.82, 2.24) is 19.9 Å². The van der Waals surface area contributed by atoms with Crippen LogP contribution in [0.4, 0.5) is 0 Å². The van der Waals surface area contributed by atoms with Crippen LogP contribution in [0.3, 0.4) is 0 Å². The molecule has 9 nitrogen and oxygen atoms in total. The monoisotopic (exact) mass is 536 g/mol. The van der Waals surface area contributed by atoms with Gasteiger partial charge in [0.1, 0.15) is 21.9 Å². The number of likely N-dealkylation sites (tertiary alicyclic amines) is 1. The molecule has 0 amide bonds. The van der Waals surface area contributed by atoms with Crippen molar-refractivity contribution in [2.75, 3.05) is 45.4 Å². The molecule has 1 aliphatic rings. The molecule has 0 atom stereocenters. The third-order valence-electron chi connectivity index (χ3n) is 6.86. The van der Waals surface area contributed by atoms with Gasteiger partial charge in [0.15, 0.2) is 11.5 Å². The molecule has 1 saturated heterocycles. The van der Waals surface area contributed by atoms with Crippen molar-refractivity contribution in [2.45, 2.75) is 19.8 Å². The van der Waals surface area contributed by atoms with Gasteiger partial charge in [0.05, 0.1) is 35.9 Å². The third kappa shape index (κ3) is 6.31. The fourth-order valence-corrected chi connectivity index (χ4v) is 5.24. The molecular weight excluding hydrogens is 504 g/mol. The van der Waals surface area contributed by atoms with E-state index in [0.717, 1.165) is 42.5 Å². The van der Waals surface area contributed by atoms with Gasteiger partial charge in [-0.15, -0.1) is 0 Å². The van der Waals surface area contributed by atoms with E-state index in [0.29, 0.717) is 53.1 Å². The number of ether oxygens (including phenoxy) is 3. The summed E-state index contributed by atoms with van der Waals surface area (Å²) in [5, 5.41) is 1.76. The number of piperidine rings is 1. The van der Waals surface area contributed by atoms with Gasteiger partial charge in [-0.1, -0.05) is 6.07 Å². The third-order valence-corrected chi connectivity index (χ3v) is 7.79. The van der Waals surface area contributed by atoms with Crippen LogP contribution in [-0.2, 0) is 9.84 Å². The van der Waals surface area contributed by atoms with E-state index in [1.54, 1.807) is 7.11 Å². The van der Waals surface area contributed by atoms with E-state index >= 15 is 0 Å². The van der Waals surface area contributed by atoms with Gasteiger partial charge < -0.3 is 19.1 Å². The molecule has 2 aromatic carbocycles. The molecule has 1 aliphatic heterocycles. The Kier molecular flexibility index (Phi) is 7.62. The summed E-state index contributed by atoms with van der Waals surface area (Å²) in [7, 11) is -1.34. The minimum Gasteiger partial charge on any atom is -0.493 e. The number of nitrogens with zero attached hydrogens (tertiary/aromatic N) is 4. The lowest BCUT2D eigenvalue weighted by atomic mass is 9.98. The molecule has 200 valence electrons. The molecule has 0 bridgehead atoms. The first-order chi connectivity index (χ1) is 18.3. The van der Waals surface area contributed by atoms with E-state index in [1.807, 2.05) is 49.4 Å². The molecule has 3 heterocycles. The predicted molar refractivity (Wildman–Crippen MR) is 147 cm³/mol. The predicted octanol–water partition coefficient (Wildman–Crippen LogP) is 4.42. The highest BCUT2D eigenvalue weighted by Gasteiger charge is 2.21. The largest absolute Gasteiger partial charge is 0.493 e. The van der Waals surface area contributed by atoms with Crippen molar-refractivity contribution >= 4 is 31.6 Å². The fourth-order valence-electron chi connectivity index (χ4n) is 4.65. The van der Waals surface area contributed by atoms with E-state index in [4.69, 9.17) is 14.2 Å².